The van der Waals surface area contributed by atoms with Crippen LogP contribution in [0.1, 0.15) is 29.8 Å². The van der Waals surface area contributed by atoms with Gasteiger partial charge in [0, 0.05) is 23.1 Å². The lowest BCUT2D eigenvalue weighted by Crippen LogP contribution is -2.15. The topological polar surface area (TPSA) is 76.1 Å². The van der Waals surface area contributed by atoms with Crippen molar-refractivity contribution < 1.29 is 9.53 Å². The normalized spacial score (nSPS) is 10.6. The van der Waals surface area contributed by atoms with E-state index in [0.29, 0.717) is 28.0 Å². The molecular weight excluding hydrogens is 376 g/mol. The van der Waals surface area contributed by atoms with Crippen molar-refractivity contribution in [1.29, 1.82) is 0 Å². The number of nitrogens with zero attached hydrogens (tertiary/aromatic N) is 2. The lowest BCUT2D eigenvalue weighted by Gasteiger charge is -2.14. The fourth-order valence-electron chi connectivity index (χ4n) is 2.52. The number of aryl methyl sites for hydroxylation is 1. The standard InChI is InChI=1S/C21H21ClN4O2/c1-13(2)28-19-7-5-4-6-18(19)25-20(27)15-11-23-21(24-12-15)26-17-9-8-16(22)10-14(17)3/h4-13H,1-3H3,(H,25,27)(H,23,24,26). The molecule has 28 heavy (non-hydrogen) atoms. The van der Waals surface area contributed by atoms with Gasteiger partial charge in [0.2, 0.25) is 5.95 Å². The monoisotopic (exact) mass is 396 g/mol. The van der Waals surface area contributed by atoms with Crippen molar-refractivity contribution in [2.24, 2.45) is 0 Å². The molecule has 0 unspecified atom stereocenters. The zero-order valence-corrected chi connectivity index (χ0v) is 16.6. The molecule has 1 heterocycles. The predicted octanol–water partition coefficient (Wildman–Crippen LogP) is 5.22. The number of carbonyl (C=O) groups is 1. The molecule has 0 spiro atoms. The van der Waals surface area contributed by atoms with E-state index in [2.05, 4.69) is 20.6 Å². The third-order valence-corrected chi connectivity index (χ3v) is 4.08. The van der Waals surface area contributed by atoms with Gasteiger partial charge in [-0.1, -0.05) is 23.7 Å². The Morgan fingerprint density at radius 2 is 1.79 bits per heavy atom. The average molecular weight is 397 g/mol. The molecule has 7 heteroatoms. The van der Waals surface area contributed by atoms with Crippen LogP contribution in [0.3, 0.4) is 0 Å². The Bertz CT molecular complexity index is 974. The van der Waals surface area contributed by atoms with E-state index in [1.54, 1.807) is 12.1 Å². The summed E-state index contributed by atoms with van der Waals surface area (Å²) in [5, 5.41) is 6.62. The Hall–Kier alpha value is -3.12. The molecule has 144 valence electrons. The molecule has 0 fully saturated rings. The Labute approximate surface area is 168 Å². The molecule has 2 N–H and O–H groups in total. The minimum atomic E-state index is -0.311. The summed E-state index contributed by atoms with van der Waals surface area (Å²) in [6.45, 7) is 5.80. The van der Waals surface area contributed by atoms with E-state index in [4.69, 9.17) is 16.3 Å². The summed E-state index contributed by atoms with van der Waals surface area (Å²) in [5.74, 6) is 0.697. The highest BCUT2D eigenvalue weighted by molar-refractivity contribution is 6.30. The van der Waals surface area contributed by atoms with Crippen LogP contribution in [0, 0.1) is 6.92 Å². The lowest BCUT2D eigenvalue weighted by molar-refractivity contribution is 0.102. The molecule has 1 aromatic heterocycles. The van der Waals surface area contributed by atoms with Crippen LogP contribution in [0.5, 0.6) is 5.75 Å². The minimum Gasteiger partial charge on any atom is -0.489 e. The molecule has 0 aliphatic carbocycles. The number of hydrogen-bond acceptors (Lipinski definition) is 5. The van der Waals surface area contributed by atoms with Gasteiger partial charge >= 0.3 is 0 Å². The highest BCUT2D eigenvalue weighted by Crippen LogP contribution is 2.25. The molecule has 0 radical (unpaired) electrons. The molecule has 0 aliphatic rings. The second-order valence-corrected chi connectivity index (χ2v) is 6.93. The first-order valence-corrected chi connectivity index (χ1v) is 9.22. The number of amides is 1. The van der Waals surface area contributed by atoms with Gasteiger partial charge in [0.05, 0.1) is 17.4 Å². The maximum Gasteiger partial charge on any atom is 0.258 e. The number of nitrogens with one attached hydrogen (secondary N) is 2. The number of anilines is 3. The van der Waals surface area contributed by atoms with Crippen LogP contribution < -0.4 is 15.4 Å². The molecule has 3 rings (SSSR count). The van der Waals surface area contributed by atoms with Gasteiger partial charge in [-0.05, 0) is 56.7 Å². The molecule has 0 saturated heterocycles. The first kappa shape index (κ1) is 19.6. The first-order chi connectivity index (χ1) is 13.4. The molecule has 1 amide bonds. The summed E-state index contributed by atoms with van der Waals surface area (Å²) in [5.41, 5.74) is 2.76. The predicted molar refractivity (Wildman–Crippen MR) is 112 cm³/mol. The number of halogens is 1. The highest BCUT2D eigenvalue weighted by Gasteiger charge is 2.12. The van der Waals surface area contributed by atoms with Gasteiger partial charge in [-0.2, -0.15) is 0 Å². The molecular formula is C21H21ClN4O2. The summed E-state index contributed by atoms with van der Waals surface area (Å²) >= 11 is 5.97. The molecule has 0 atom stereocenters. The number of aromatic nitrogens is 2. The second-order valence-electron chi connectivity index (χ2n) is 6.50. The number of hydrogen-bond donors (Lipinski definition) is 2. The van der Waals surface area contributed by atoms with Crippen LogP contribution in [0.25, 0.3) is 0 Å². The van der Waals surface area contributed by atoms with Crippen molar-refractivity contribution in [2.45, 2.75) is 26.9 Å². The van der Waals surface area contributed by atoms with Gasteiger partial charge < -0.3 is 15.4 Å². The number of benzene rings is 2. The quantitative estimate of drug-likeness (QED) is 0.597. The van der Waals surface area contributed by atoms with Crippen LogP contribution in [0.2, 0.25) is 5.02 Å². The van der Waals surface area contributed by atoms with Crippen LogP contribution >= 0.6 is 11.6 Å². The van der Waals surface area contributed by atoms with Crippen molar-refractivity contribution in [3.63, 3.8) is 0 Å². The molecule has 0 bridgehead atoms. The summed E-state index contributed by atoms with van der Waals surface area (Å²) in [6.07, 6.45) is 2.95. The fraction of sp³-hybridized carbons (Fsp3) is 0.190. The van der Waals surface area contributed by atoms with E-state index in [1.165, 1.54) is 12.4 Å². The number of para-hydroxylation sites is 2. The van der Waals surface area contributed by atoms with Crippen molar-refractivity contribution in [3.05, 3.63) is 71.0 Å². The van der Waals surface area contributed by atoms with E-state index in [1.807, 2.05) is 51.1 Å². The van der Waals surface area contributed by atoms with Gasteiger partial charge in [-0.15, -0.1) is 0 Å². The number of carbonyl (C=O) groups excluding carboxylic acids is 1. The Balaban J connectivity index is 1.70. The molecule has 6 nitrogen and oxygen atoms in total. The van der Waals surface area contributed by atoms with Crippen molar-refractivity contribution in [2.75, 3.05) is 10.6 Å². The van der Waals surface area contributed by atoms with Gasteiger partial charge in [0.15, 0.2) is 0 Å². The fourth-order valence-corrected chi connectivity index (χ4v) is 2.75. The van der Waals surface area contributed by atoms with Crippen LogP contribution in [0.15, 0.2) is 54.9 Å². The van der Waals surface area contributed by atoms with Gasteiger partial charge in [-0.3, -0.25) is 4.79 Å². The van der Waals surface area contributed by atoms with Crippen LogP contribution in [0.4, 0.5) is 17.3 Å². The lowest BCUT2D eigenvalue weighted by atomic mass is 10.2. The van der Waals surface area contributed by atoms with Gasteiger partial charge in [0.25, 0.3) is 5.91 Å². The molecule has 3 aromatic rings. The highest BCUT2D eigenvalue weighted by atomic mass is 35.5. The number of rotatable bonds is 6. The number of ether oxygens (including phenoxy) is 1. The smallest absolute Gasteiger partial charge is 0.258 e. The largest absolute Gasteiger partial charge is 0.489 e. The summed E-state index contributed by atoms with van der Waals surface area (Å²) in [7, 11) is 0. The van der Waals surface area contributed by atoms with E-state index in [0.717, 1.165) is 11.3 Å². The molecule has 2 aromatic carbocycles. The van der Waals surface area contributed by atoms with Crippen molar-refractivity contribution in [3.8, 4) is 5.75 Å². The van der Waals surface area contributed by atoms with E-state index >= 15 is 0 Å². The van der Waals surface area contributed by atoms with Gasteiger partial charge in [0.1, 0.15) is 5.75 Å². The van der Waals surface area contributed by atoms with Crippen LogP contribution in [-0.2, 0) is 0 Å². The third-order valence-electron chi connectivity index (χ3n) is 3.85. The summed E-state index contributed by atoms with van der Waals surface area (Å²) in [4.78, 5) is 21.0. The Kier molecular flexibility index (Phi) is 6.11. The summed E-state index contributed by atoms with van der Waals surface area (Å²) in [6, 6.07) is 12.8. The van der Waals surface area contributed by atoms with Gasteiger partial charge in [-0.25, -0.2) is 9.97 Å². The Morgan fingerprint density at radius 3 is 2.46 bits per heavy atom. The second kappa shape index (κ2) is 8.71. The Morgan fingerprint density at radius 1 is 1.07 bits per heavy atom. The first-order valence-electron chi connectivity index (χ1n) is 8.84. The minimum absolute atomic E-state index is 0.00284. The molecule has 0 aliphatic heterocycles. The van der Waals surface area contributed by atoms with Crippen molar-refractivity contribution >= 4 is 34.8 Å². The zero-order valence-electron chi connectivity index (χ0n) is 15.9. The SMILES string of the molecule is Cc1cc(Cl)ccc1Nc1ncc(C(=O)Nc2ccccc2OC(C)C)cn1. The zero-order chi connectivity index (χ0) is 20.1. The summed E-state index contributed by atoms with van der Waals surface area (Å²) < 4.78 is 5.72. The molecule has 0 saturated carbocycles. The average Bonchev–Trinajstić information content (AvgIpc) is 2.66. The van der Waals surface area contributed by atoms with E-state index < -0.39 is 0 Å². The van der Waals surface area contributed by atoms with Crippen molar-refractivity contribution in [1.82, 2.24) is 9.97 Å². The van der Waals surface area contributed by atoms with E-state index in [-0.39, 0.29) is 12.0 Å². The van der Waals surface area contributed by atoms with Crippen LogP contribution in [-0.4, -0.2) is 22.0 Å². The third kappa shape index (κ3) is 4.98. The maximum absolute atomic E-state index is 12.5. The maximum atomic E-state index is 12.5. The van der Waals surface area contributed by atoms with E-state index in [9.17, 15) is 4.79 Å².